The van der Waals surface area contributed by atoms with Crippen LogP contribution in [-0.2, 0) is 9.59 Å². The molecule has 4 rings (SSSR count). The second kappa shape index (κ2) is 7.95. The van der Waals surface area contributed by atoms with Crippen molar-refractivity contribution in [2.75, 3.05) is 13.1 Å². The van der Waals surface area contributed by atoms with E-state index in [-0.39, 0.29) is 11.2 Å². The first-order valence-corrected chi connectivity index (χ1v) is 10.5. The van der Waals surface area contributed by atoms with Crippen molar-refractivity contribution < 1.29 is 14.8 Å². The number of Topliss-reactive ketones (excluding diaryl/α,β-unsaturated/α-hetero) is 1. The van der Waals surface area contributed by atoms with Gasteiger partial charge in [0.25, 0.3) is 0 Å². The number of nitriles is 1. The van der Waals surface area contributed by atoms with Crippen molar-refractivity contribution in [3.63, 3.8) is 0 Å². The molecule has 0 bridgehead atoms. The highest BCUT2D eigenvalue weighted by molar-refractivity contribution is 5.96. The fraction of sp³-hybridized carbons (Fsp3) is 0.522. The molecule has 7 nitrogen and oxygen atoms in total. The third kappa shape index (κ3) is 3.79. The van der Waals surface area contributed by atoms with Crippen molar-refractivity contribution in [1.29, 1.82) is 5.26 Å². The van der Waals surface area contributed by atoms with E-state index in [4.69, 9.17) is 0 Å². The Labute approximate surface area is 176 Å². The molecule has 2 heterocycles. The number of aryl methyl sites for hydroxylation is 2. The van der Waals surface area contributed by atoms with Crippen molar-refractivity contribution in [1.82, 2.24) is 16.1 Å². The zero-order valence-corrected chi connectivity index (χ0v) is 17.4. The molecule has 4 N–H and O–H groups in total. The van der Waals surface area contributed by atoms with Crippen LogP contribution < -0.4 is 16.1 Å². The molecule has 1 aromatic carbocycles. The Hall–Kier alpha value is -2.53. The summed E-state index contributed by atoms with van der Waals surface area (Å²) in [5.74, 6) is -1.09. The standard InChI is InChI=1S/C23H28N4O3/c1-13-7-16(8-14(2)18(13)11-24)15-3-6-25-19(9-15)21(28)20-17(22(29)27-30)10-23(4-5-23)12-26-20/h3,7-8,17,19-20,25-26,30H,4-6,9-10,12H2,1-2H3,(H,27,29). The van der Waals surface area contributed by atoms with E-state index in [0.717, 1.165) is 41.6 Å². The van der Waals surface area contributed by atoms with Gasteiger partial charge in [-0.05, 0) is 67.2 Å². The number of hydrogen-bond acceptors (Lipinski definition) is 6. The molecule has 1 saturated carbocycles. The Morgan fingerprint density at radius 2 is 1.93 bits per heavy atom. The quantitative estimate of drug-likeness (QED) is 0.446. The lowest BCUT2D eigenvalue weighted by molar-refractivity contribution is -0.140. The number of piperidine rings is 1. The maximum absolute atomic E-state index is 13.4. The zero-order valence-electron chi connectivity index (χ0n) is 17.4. The molecule has 0 aromatic heterocycles. The molecule has 1 saturated heterocycles. The highest BCUT2D eigenvalue weighted by atomic mass is 16.5. The lowest BCUT2D eigenvalue weighted by Gasteiger charge is -2.37. The Bertz CT molecular complexity index is 935. The molecule has 3 atom stereocenters. The maximum atomic E-state index is 13.4. The number of nitrogens with one attached hydrogen (secondary N) is 3. The van der Waals surface area contributed by atoms with E-state index in [1.165, 1.54) is 0 Å². The maximum Gasteiger partial charge on any atom is 0.248 e. The molecule has 3 aliphatic rings. The van der Waals surface area contributed by atoms with Gasteiger partial charge >= 0.3 is 0 Å². The van der Waals surface area contributed by atoms with E-state index in [1.54, 1.807) is 5.48 Å². The summed E-state index contributed by atoms with van der Waals surface area (Å²) in [6.07, 6.45) is 5.35. The highest BCUT2D eigenvalue weighted by Gasteiger charge is 2.52. The van der Waals surface area contributed by atoms with Gasteiger partial charge < -0.3 is 10.6 Å². The summed E-state index contributed by atoms with van der Waals surface area (Å²) in [6, 6.07) is 5.24. The second-order valence-corrected chi connectivity index (χ2v) is 9.04. The number of carbonyl (C=O) groups is 2. The number of nitrogens with zero attached hydrogens (tertiary/aromatic N) is 1. The number of ketones is 1. The fourth-order valence-electron chi connectivity index (χ4n) is 4.99. The molecule has 0 radical (unpaired) electrons. The highest BCUT2D eigenvalue weighted by Crippen LogP contribution is 2.52. The minimum atomic E-state index is -0.607. The van der Waals surface area contributed by atoms with Crippen molar-refractivity contribution in [3.05, 3.63) is 40.5 Å². The lowest BCUT2D eigenvalue weighted by atomic mass is 9.78. The Kier molecular flexibility index (Phi) is 5.49. The number of amides is 1. The summed E-state index contributed by atoms with van der Waals surface area (Å²) in [5.41, 5.74) is 6.51. The molecule has 1 amide bonds. The summed E-state index contributed by atoms with van der Waals surface area (Å²) in [6.45, 7) is 5.16. The van der Waals surface area contributed by atoms with E-state index < -0.39 is 23.9 Å². The topological polar surface area (TPSA) is 114 Å². The van der Waals surface area contributed by atoms with Crippen LogP contribution in [0.5, 0.6) is 0 Å². The predicted octanol–water partition coefficient (Wildman–Crippen LogP) is 1.75. The first-order valence-electron chi connectivity index (χ1n) is 10.5. The summed E-state index contributed by atoms with van der Waals surface area (Å²) >= 11 is 0. The molecule has 1 aliphatic carbocycles. The van der Waals surface area contributed by atoms with Crippen LogP contribution in [0.2, 0.25) is 0 Å². The first-order chi connectivity index (χ1) is 14.4. The van der Waals surface area contributed by atoms with E-state index in [9.17, 15) is 20.1 Å². The van der Waals surface area contributed by atoms with Crippen molar-refractivity contribution in [3.8, 4) is 6.07 Å². The molecule has 1 spiro atoms. The van der Waals surface area contributed by atoms with E-state index in [0.29, 0.717) is 24.9 Å². The van der Waals surface area contributed by atoms with Crippen LogP contribution >= 0.6 is 0 Å². The van der Waals surface area contributed by atoms with Gasteiger partial charge in [0.05, 0.1) is 29.6 Å². The molecule has 30 heavy (non-hydrogen) atoms. The molecule has 3 unspecified atom stereocenters. The van der Waals surface area contributed by atoms with Gasteiger partial charge in [0.15, 0.2) is 5.78 Å². The minimum Gasteiger partial charge on any atom is -0.306 e. The van der Waals surface area contributed by atoms with Crippen LogP contribution in [0.4, 0.5) is 0 Å². The minimum absolute atomic E-state index is 0.0354. The Morgan fingerprint density at radius 1 is 1.23 bits per heavy atom. The van der Waals surface area contributed by atoms with E-state index in [1.807, 2.05) is 26.0 Å². The summed E-state index contributed by atoms with van der Waals surface area (Å²) in [7, 11) is 0. The van der Waals surface area contributed by atoms with Crippen LogP contribution in [-0.4, -0.2) is 42.1 Å². The monoisotopic (exact) mass is 408 g/mol. The molecular weight excluding hydrogens is 380 g/mol. The fourth-order valence-corrected chi connectivity index (χ4v) is 4.99. The Morgan fingerprint density at radius 3 is 2.53 bits per heavy atom. The van der Waals surface area contributed by atoms with Crippen LogP contribution in [0, 0.1) is 36.5 Å². The molecule has 2 aliphatic heterocycles. The number of hydrogen-bond donors (Lipinski definition) is 4. The van der Waals surface area contributed by atoms with Gasteiger partial charge in [0, 0.05) is 13.1 Å². The Balaban J connectivity index is 1.52. The molecular formula is C23H28N4O3. The molecule has 1 aromatic rings. The number of rotatable bonds is 4. The third-order valence-electron chi connectivity index (χ3n) is 6.96. The van der Waals surface area contributed by atoms with Gasteiger partial charge in [-0.2, -0.15) is 5.26 Å². The number of carbonyl (C=O) groups excluding carboxylic acids is 2. The van der Waals surface area contributed by atoms with E-state index in [2.05, 4.69) is 22.8 Å². The average molecular weight is 409 g/mol. The van der Waals surface area contributed by atoms with Gasteiger partial charge in [0.1, 0.15) is 0 Å². The van der Waals surface area contributed by atoms with Gasteiger partial charge in [0.2, 0.25) is 5.91 Å². The summed E-state index contributed by atoms with van der Waals surface area (Å²) < 4.78 is 0. The van der Waals surface area contributed by atoms with Crippen LogP contribution in [0.25, 0.3) is 5.57 Å². The predicted molar refractivity (Wildman–Crippen MR) is 112 cm³/mol. The number of benzene rings is 1. The second-order valence-electron chi connectivity index (χ2n) is 9.04. The smallest absolute Gasteiger partial charge is 0.248 e. The van der Waals surface area contributed by atoms with Crippen LogP contribution in [0.3, 0.4) is 0 Å². The average Bonchev–Trinajstić information content (AvgIpc) is 3.51. The van der Waals surface area contributed by atoms with Crippen molar-refractivity contribution in [2.24, 2.45) is 11.3 Å². The van der Waals surface area contributed by atoms with Crippen LogP contribution in [0.1, 0.15) is 47.9 Å². The lowest BCUT2D eigenvalue weighted by Crippen LogP contribution is -2.59. The van der Waals surface area contributed by atoms with Gasteiger partial charge in [-0.25, -0.2) is 5.48 Å². The van der Waals surface area contributed by atoms with Gasteiger partial charge in [-0.1, -0.05) is 18.2 Å². The third-order valence-corrected chi connectivity index (χ3v) is 6.96. The normalized spacial score (nSPS) is 27.1. The first kappa shape index (κ1) is 20.7. The van der Waals surface area contributed by atoms with Crippen LogP contribution in [0.15, 0.2) is 18.2 Å². The van der Waals surface area contributed by atoms with Gasteiger partial charge in [-0.3, -0.25) is 14.8 Å². The molecule has 7 heteroatoms. The van der Waals surface area contributed by atoms with E-state index >= 15 is 0 Å². The molecule has 2 fully saturated rings. The zero-order chi connectivity index (χ0) is 21.5. The van der Waals surface area contributed by atoms with Gasteiger partial charge in [-0.15, -0.1) is 0 Å². The largest absolute Gasteiger partial charge is 0.306 e. The van der Waals surface area contributed by atoms with Crippen molar-refractivity contribution in [2.45, 2.75) is 51.6 Å². The molecule has 158 valence electrons. The number of hydroxylamine groups is 1. The SMILES string of the molecule is Cc1cc(C2=CCNC(C(=O)C3NCC4(CC4)CC3C(=O)NO)C2)cc(C)c1C#N. The summed E-state index contributed by atoms with van der Waals surface area (Å²) in [4.78, 5) is 25.7. The summed E-state index contributed by atoms with van der Waals surface area (Å²) in [5, 5.41) is 25.1. The van der Waals surface area contributed by atoms with Crippen molar-refractivity contribution >= 4 is 17.3 Å².